The summed E-state index contributed by atoms with van der Waals surface area (Å²) in [5, 5.41) is 14.2. The Labute approximate surface area is 145 Å². The molecular formula is C18H18FN5O. The number of halogens is 1. The van der Waals surface area contributed by atoms with Crippen LogP contribution in [0, 0.1) is 5.82 Å². The van der Waals surface area contributed by atoms with Crippen molar-refractivity contribution in [2.45, 2.75) is 6.42 Å². The van der Waals surface area contributed by atoms with E-state index < -0.39 is 0 Å². The van der Waals surface area contributed by atoms with Gasteiger partial charge < -0.3 is 15.4 Å². The minimum atomic E-state index is -0.235. The van der Waals surface area contributed by atoms with E-state index in [-0.39, 0.29) is 5.82 Å². The van der Waals surface area contributed by atoms with Gasteiger partial charge in [0.15, 0.2) is 5.82 Å². The van der Waals surface area contributed by atoms with Gasteiger partial charge in [0.2, 0.25) is 5.95 Å². The molecule has 2 aromatic carbocycles. The number of aromatic nitrogens is 3. The molecule has 0 aliphatic rings. The third kappa shape index (κ3) is 4.87. The van der Waals surface area contributed by atoms with Crippen molar-refractivity contribution in [1.29, 1.82) is 0 Å². The number of hydrogen-bond donors (Lipinski definition) is 2. The van der Waals surface area contributed by atoms with E-state index in [4.69, 9.17) is 4.74 Å². The van der Waals surface area contributed by atoms with Gasteiger partial charge in [-0.25, -0.2) is 4.39 Å². The second kappa shape index (κ2) is 8.05. The van der Waals surface area contributed by atoms with E-state index in [1.807, 2.05) is 24.3 Å². The molecule has 0 amide bonds. The number of nitrogens with one attached hydrogen (secondary N) is 2. The monoisotopic (exact) mass is 339 g/mol. The van der Waals surface area contributed by atoms with Crippen LogP contribution in [0.15, 0.2) is 54.7 Å². The van der Waals surface area contributed by atoms with E-state index in [0.717, 1.165) is 23.4 Å². The third-order valence-corrected chi connectivity index (χ3v) is 3.53. The average Bonchev–Trinajstić information content (AvgIpc) is 2.64. The normalized spacial score (nSPS) is 10.3. The first-order chi connectivity index (χ1) is 12.2. The Bertz CT molecular complexity index is 808. The molecule has 0 saturated heterocycles. The Balaban J connectivity index is 1.56. The number of nitrogens with zero attached hydrogens (tertiary/aromatic N) is 3. The summed E-state index contributed by atoms with van der Waals surface area (Å²) in [6.45, 7) is 0.624. The molecule has 0 unspecified atom stereocenters. The highest BCUT2D eigenvalue weighted by Gasteiger charge is 2.02. The standard InChI is InChI=1S/C18H18FN5O/c1-25-16-8-6-15(7-9-16)22-17-12-21-24-18(23-17)20-11-10-13-2-4-14(19)5-3-13/h2-9,12H,10-11H2,1H3,(H2,20,22,23,24). The second-order valence-corrected chi connectivity index (χ2v) is 5.32. The van der Waals surface area contributed by atoms with Crippen molar-refractivity contribution >= 4 is 17.5 Å². The first-order valence-electron chi connectivity index (χ1n) is 7.82. The van der Waals surface area contributed by atoms with Crippen LogP contribution in [0.1, 0.15) is 5.56 Å². The van der Waals surface area contributed by atoms with E-state index in [2.05, 4.69) is 25.8 Å². The summed E-state index contributed by atoms with van der Waals surface area (Å²) >= 11 is 0. The molecule has 0 spiro atoms. The van der Waals surface area contributed by atoms with Crippen LogP contribution < -0.4 is 15.4 Å². The van der Waals surface area contributed by atoms with Gasteiger partial charge in [-0.1, -0.05) is 12.1 Å². The summed E-state index contributed by atoms with van der Waals surface area (Å²) in [7, 11) is 1.63. The predicted molar refractivity (Wildman–Crippen MR) is 94.7 cm³/mol. The first-order valence-corrected chi connectivity index (χ1v) is 7.82. The van der Waals surface area contributed by atoms with E-state index in [0.29, 0.717) is 18.3 Å². The minimum absolute atomic E-state index is 0.235. The van der Waals surface area contributed by atoms with E-state index >= 15 is 0 Å². The molecule has 1 heterocycles. The molecule has 0 fully saturated rings. The molecule has 7 heteroatoms. The van der Waals surface area contributed by atoms with Crippen LogP contribution in [-0.4, -0.2) is 28.8 Å². The van der Waals surface area contributed by atoms with Gasteiger partial charge in [-0.3, -0.25) is 0 Å². The molecular weight excluding hydrogens is 321 g/mol. The lowest BCUT2D eigenvalue weighted by atomic mass is 10.1. The summed E-state index contributed by atoms with van der Waals surface area (Å²) in [5.41, 5.74) is 1.91. The van der Waals surface area contributed by atoms with Crippen LogP contribution in [0.4, 0.5) is 21.8 Å². The molecule has 3 aromatic rings. The molecule has 0 radical (unpaired) electrons. The Morgan fingerprint density at radius 3 is 2.52 bits per heavy atom. The zero-order valence-electron chi connectivity index (χ0n) is 13.7. The quantitative estimate of drug-likeness (QED) is 0.687. The van der Waals surface area contributed by atoms with Gasteiger partial charge in [-0.05, 0) is 48.4 Å². The van der Waals surface area contributed by atoms with Crippen molar-refractivity contribution < 1.29 is 9.13 Å². The van der Waals surface area contributed by atoms with E-state index in [9.17, 15) is 4.39 Å². The van der Waals surface area contributed by atoms with E-state index in [1.54, 1.807) is 25.4 Å². The Kier molecular flexibility index (Phi) is 5.36. The summed E-state index contributed by atoms with van der Waals surface area (Å²) in [6, 6.07) is 13.9. The SMILES string of the molecule is COc1ccc(Nc2cnnc(NCCc3ccc(F)cc3)n2)cc1. The van der Waals surface area contributed by atoms with Crippen molar-refractivity contribution in [1.82, 2.24) is 15.2 Å². The van der Waals surface area contributed by atoms with Crippen LogP contribution in [-0.2, 0) is 6.42 Å². The van der Waals surface area contributed by atoms with Gasteiger partial charge in [0.05, 0.1) is 13.3 Å². The van der Waals surface area contributed by atoms with Gasteiger partial charge >= 0.3 is 0 Å². The fraction of sp³-hybridized carbons (Fsp3) is 0.167. The molecule has 0 saturated carbocycles. The van der Waals surface area contributed by atoms with Crippen LogP contribution >= 0.6 is 0 Å². The fourth-order valence-electron chi connectivity index (χ4n) is 2.23. The van der Waals surface area contributed by atoms with Crippen LogP contribution in [0.2, 0.25) is 0 Å². The summed E-state index contributed by atoms with van der Waals surface area (Å²) in [4.78, 5) is 4.37. The highest BCUT2D eigenvalue weighted by atomic mass is 19.1. The zero-order valence-corrected chi connectivity index (χ0v) is 13.7. The molecule has 3 rings (SSSR count). The number of benzene rings is 2. The molecule has 1 aromatic heterocycles. The maximum Gasteiger partial charge on any atom is 0.244 e. The Hall–Kier alpha value is -3.22. The van der Waals surface area contributed by atoms with Gasteiger partial charge in [0.1, 0.15) is 11.6 Å². The Morgan fingerprint density at radius 1 is 1.04 bits per heavy atom. The van der Waals surface area contributed by atoms with Crippen molar-refractivity contribution in [3.05, 3.63) is 66.1 Å². The maximum atomic E-state index is 12.9. The van der Waals surface area contributed by atoms with Gasteiger partial charge in [-0.2, -0.15) is 10.1 Å². The number of hydrogen-bond acceptors (Lipinski definition) is 6. The van der Waals surface area contributed by atoms with Gasteiger partial charge in [0.25, 0.3) is 0 Å². The summed E-state index contributed by atoms with van der Waals surface area (Å²) in [5.74, 6) is 1.57. The minimum Gasteiger partial charge on any atom is -0.497 e. The molecule has 25 heavy (non-hydrogen) atoms. The predicted octanol–water partition coefficient (Wildman–Crippen LogP) is 3.42. The molecule has 2 N–H and O–H groups in total. The maximum absolute atomic E-state index is 12.9. The number of anilines is 3. The van der Waals surface area contributed by atoms with Crippen molar-refractivity contribution in [3.63, 3.8) is 0 Å². The number of rotatable bonds is 7. The highest BCUT2D eigenvalue weighted by molar-refractivity contribution is 5.57. The molecule has 6 nitrogen and oxygen atoms in total. The second-order valence-electron chi connectivity index (χ2n) is 5.32. The largest absolute Gasteiger partial charge is 0.497 e. The number of methoxy groups -OCH3 is 1. The van der Waals surface area contributed by atoms with Gasteiger partial charge in [-0.15, -0.1) is 5.10 Å². The van der Waals surface area contributed by atoms with E-state index in [1.165, 1.54) is 12.1 Å². The molecule has 128 valence electrons. The fourth-order valence-corrected chi connectivity index (χ4v) is 2.23. The van der Waals surface area contributed by atoms with Gasteiger partial charge in [0, 0.05) is 12.2 Å². The Morgan fingerprint density at radius 2 is 1.80 bits per heavy atom. The lowest BCUT2D eigenvalue weighted by molar-refractivity contribution is 0.415. The van der Waals surface area contributed by atoms with Crippen molar-refractivity contribution in [2.75, 3.05) is 24.3 Å². The van der Waals surface area contributed by atoms with Crippen LogP contribution in [0.25, 0.3) is 0 Å². The summed E-state index contributed by atoms with van der Waals surface area (Å²) in [6.07, 6.45) is 2.29. The highest BCUT2D eigenvalue weighted by Crippen LogP contribution is 2.18. The summed E-state index contributed by atoms with van der Waals surface area (Å²) < 4.78 is 18.0. The molecule has 0 aliphatic heterocycles. The topological polar surface area (TPSA) is 72.0 Å². The van der Waals surface area contributed by atoms with Crippen LogP contribution in [0.5, 0.6) is 5.75 Å². The molecule has 0 bridgehead atoms. The van der Waals surface area contributed by atoms with Crippen molar-refractivity contribution in [3.8, 4) is 5.75 Å². The number of ether oxygens (including phenoxy) is 1. The average molecular weight is 339 g/mol. The van der Waals surface area contributed by atoms with Crippen molar-refractivity contribution in [2.24, 2.45) is 0 Å². The van der Waals surface area contributed by atoms with Crippen LogP contribution in [0.3, 0.4) is 0 Å². The first kappa shape index (κ1) is 16.6. The third-order valence-electron chi connectivity index (χ3n) is 3.53. The zero-order chi connectivity index (χ0) is 17.5. The smallest absolute Gasteiger partial charge is 0.244 e. The molecule has 0 aliphatic carbocycles. The lowest BCUT2D eigenvalue weighted by Crippen LogP contribution is -2.09. The molecule has 0 atom stereocenters. The lowest BCUT2D eigenvalue weighted by Gasteiger charge is -2.08.